The van der Waals surface area contributed by atoms with E-state index < -0.39 is 6.10 Å². The predicted molar refractivity (Wildman–Crippen MR) is 81.3 cm³/mol. The lowest BCUT2D eigenvalue weighted by atomic mass is 10.2. The minimum absolute atomic E-state index is 0.0273. The van der Waals surface area contributed by atoms with Gasteiger partial charge in [-0.25, -0.2) is 0 Å². The molecule has 0 bridgehead atoms. The molecule has 1 aliphatic rings. The van der Waals surface area contributed by atoms with Crippen LogP contribution < -0.4 is 10.1 Å². The van der Waals surface area contributed by atoms with Crippen molar-refractivity contribution in [3.05, 3.63) is 29.8 Å². The molecule has 2 rings (SSSR count). The van der Waals surface area contributed by atoms with Crippen molar-refractivity contribution in [1.82, 2.24) is 10.2 Å². The number of carbonyl (C=O) groups is 1. The highest BCUT2D eigenvalue weighted by atomic mass is 16.5. The zero-order valence-electron chi connectivity index (χ0n) is 12.7. The van der Waals surface area contributed by atoms with Crippen LogP contribution in [0.3, 0.4) is 0 Å². The van der Waals surface area contributed by atoms with Crippen molar-refractivity contribution in [2.45, 2.75) is 31.9 Å². The second kappa shape index (κ2) is 7.43. The molecule has 1 aromatic carbocycles. The van der Waals surface area contributed by atoms with Gasteiger partial charge >= 0.3 is 0 Å². The summed E-state index contributed by atoms with van der Waals surface area (Å²) in [7, 11) is 1.65. The number of carbonyl (C=O) groups excluding carboxylic acids is 1. The molecule has 21 heavy (non-hydrogen) atoms. The molecule has 1 amide bonds. The first-order chi connectivity index (χ1) is 10.1. The molecule has 0 aliphatic carbocycles. The Hall–Kier alpha value is -1.59. The Morgan fingerprint density at radius 2 is 2.29 bits per heavy atom. The Kier molecular flexibility index (Phi) is 5.59. The first-order valence-corrected chi connectivity index (χ1v) is 7.44. The third-order valence-corrected chi connectivity index (χ3v) is 3.88. The van der Waals surface area contributed by atoms with Crippen molar-refractivity contribution < 1.29 is 14.6 Å². The van der Waals surface area contributed by atoms with Crippen LogP contribution in [0, 0.1) is 6.92 Å². The number of amides is 1. The van der Waals surface area contributed by atoms with Crippen molar-refractivity contribution in [3.8, 4) is 5.75 Å². The van der Waals surface area contributed by atoms with Gasteiger partial charge in [0.2, 0.25) is 5.91 Å². The lowest BCUT2D eigenvalue weighted by Gasteiger charge is -2.25. The number of hydrogen-bond acceptors (Lipinski definition) is 4. The molecule has 1 heterocycles. The Morgan fingerprint density at radius 3 is 3.00 bits per heavy atom. The summed E-state index contributed by atoms with van der Waals surface area (Å²) < 4.78 is 5.65. The van der Waals surface area contributed by atoms with Crippen LogP contribution in [0.2, 0.25) is 0 Å². The molecule has 2 unspecified atom stereocenters. The number of ether oxygens (including phenoxy) is 1. The maximum atomic E-state index is 11.8. The average Bonchev–Trinajstić information content (AvgIpc) is 2.93. The van der Waals surface area contributed by atoms with Gasteiger partial charge in [-0.05, 0) is 37.9 Å². The van der Waals surface area contributed by atoms with E-state index in [4.69, 9.17) is 4.74 Å². The number of likely N-dealkylation sites (tertiary alicyclic amines) is 1. The topological polar surface area (TPSA) is 61.8 Å². The Balaban J connectivity index is 1.83. The van der Waals surface area contributed by atoms with Crippen LogP contribution in [0.25, 0.3) is 0 Å². The molecular formula is C16H24N2O3. The number of nitrogens with zero attached hydrogens (tertiary/aromatic N) is 1. The smallest absolute Gasteiger partial charge is 0.237 e. The summed E-state index contributed by atoms with van der Waals surface area (Å²) >= 11 is 0. The normalized spacial score (nSPS) is 20.2. The number of likely N-dealkylation sites (N-methyl/N-ethyl adjacent to an activating group) is 1. The largest absolute Gasteiger partial charge is 0.491 e. The molecule has 1 fully saturated rings. The lowest BCUT2D eigenvalue weighted by molar-refractivity contribution is -0.125. The molecule has 1 aliphatic heterocycles. The van der Waals surface area contributed by atoms with E-state index in [1.54, 1.807) is 7.05 Å². The molecule has 0 spiro atoms. The first kappa shape index (κ1) is 15.8. The van der Waals surface area contributed by atoms with Gasteiger partial charge < -0.3 is 15.2 Å². The van der Waals surface area contributed by atoms with Gasteiger partial charge in [0.15, 0.2) is 0 Å². The van der Waals surface area contributed by atoms with Crippen LogP contribution in [0.1, 0.15) is 18.4 Å². The maximum Gasteiger partial charge on any atom is 0.237 e. The Morgan fingerprint density at radius 1 is 1.52 bits per heavy atom. The molecule has 0 radical (unpaired) electrons. The number of nitrogens with one attached hydrogen (secondary N) is 1. The van der Waals surface area contributed by atoms with Gasteiger partial charge in [-0.15, -0.1) is 0 Å². The molecule has 1 aromatic rings. The Labute approximate surface area is 125 Å². The van der Waals surface area contributed by atoms with Crippen LogP contribution in [0.15, 0.2) is 24.3 Å². The van der Waals surface area contributed by atoms with E-state index in [0.717, 1.165) is 30.7 Å². The standard InChI is InChI=1S/C16H24N2O3/c1-12-6-3-4-8-15(12)21-11-13(19)10-18-9-5-7-14(18)16(20)17-2/h3-4,6,8,13-14,19H,5,7,9-11H2,1-2H3,(H,17,20). The number of para-hydroxylation sites is 1. The summed E-state index contributed by atoms with van der Waals surface area (Å²) in [6.07, 6.45) is 1.24. The summed E-state index contributed by atoms with van der Waals surface area (Å²) in [5.74, 6) is 0.820. The van der Waals surface area contributed by atoms with Crippen LogP contribution >= 0.6 is 0 Å². The SMILES string of the molecule is CNC(=O)C1CCCN1CC(O)COc1ccccc1C. The van der Waals surface area contributed by atoms with E-state index >= 15 is 0 Å². The molecule has 2 N–H and O–H groups in total. The molecule has 0 aromatic heterocycles. The molecule has 0 saturated carbocycles. The molecule has 5 nitrogen and oxygen atoms in total. The first-order valence-electron chi connectivity index (χ1n) is 7.44. The van der Waals surface area contributed by atoms with E-state index in [1.165, 1.54) is 0 Å². The zero-order chi connectivity index (χ0) is 15.2. The lowest BCUT2D eigenvalue weighted by Crippen LogP contribution is -2.45. The number of β-amino-alcohol motifs (C(OH)–C–C–N with tert-alkyl or cyclic N) is 1. The van der Waals surface area contributed by atoms with Crippen molar-refractivity contribution in [2.24, 2.45) is 0 Å². The van der Waals surface area contributed by atoms with Gasteiger partial charge in [-0.3, -0.25) is 9.69 Å². The van der Waals surface area contributed by atoms with Crippen molar-refractivity contribution in [1.29, 1.82) is 0 Å². The fraction of sp³-hybridized carbons (Fsp3) is 0.562. The highest BCUT2D eigenvalue weighted by molar-refractivity contribution is 5.81. The van der Waals surface area contributed by atoms with E-state index in [2.05, 4.69) is 5.32 Å². The van der Waals surface area contributed by atoms with E-state index in [-0.39, 0.29) is 18.6 Å². The van der Waals surface area contributed by atoms with Crippen LogP contribution in [-0.2, 0) is 4.79 Å². The second-order valence-corrected chi connectivity index (χ2v) is 5.50. The summed E-state index contributed by atoms with van der Waals surface area (Å²) in [6, 6.07) is 7.62. The summed E-state index contributed by atoms with van der Waals surface area (Å²) in [5, 5.41) is 12.8. The van der Waals surface area contributed by atoms with E-state index in [0.29, 0.717) is 6.54 Å². The summed E-state index contributed by atoms with van der Waals surface area (Å²) in [6.45, 7) is 3.52. The molecule has 5 heteroatoms. The maximum absolute atomic E-state index is 11.8. The summed E-state index contributed by atoms with van der Waals surface area (Å²) in [4.78, 5) is 13.8. The molecule has 116 valence electrons. The fourth-order valence-corrected chi connectivity index (χ4v) is 2.74. The third kappa shape index (κ3) is 4.19. The van der Waals surface area contributed by atoms with Gasteiger partial charge in [0, 0.05) is 13.6 Å². The fourth-order valence-electron chi connectivity index (χ4n) is 2.74. The highest BCUT2D eigenvalue weighted by Crippen LogP contribution is 2.19. The quantitative estimate of drug-likeness (QED) is 0.819. The van der Waals surface area contributed by atoms with Crippen LogP contribution in [0.5, 0.6) is 5.75 Å². The minimum Gasteiger partial charge on any atom is -0.491 e. The van der Waals surface area contributed by atoms with E-state index in [1.807, 2.05) is 36.1 Å². The van der Waals surface area contributed by atoms with Gasteiger partial charge in [0.05, 0.1) is 6.04 Å². The number of aliphatic hydroxyl groups is 1. The van der Waals surface area contributed by atoms with Crippen molar-refractivity contribution in [2.75, 3.05) is 26.7 Å². The second-order valence-electron chi connectivity index (χ2n) is 5.50. The summed E-state index contributed by atoms with van der Waals surface area (Å²) in [5.41, 5.74) is 1.05. The predicted octanol–water partition coefficient (Wildman–Crippen LogP) is 0.945. The number of rotatable bonds is 6. The van der Waals surface area contributed by atoms with E-state index in [9.17, 15) is 9.90 Å². The van der Waals surface area contributed by atoms with Crippen molar-refractivity contribution >= 4 is 5.91 Å². The van der Waals surface area contributed by atoms with Gasteiger partial charge in [0.25, 0.3) is 0 Å². The molecular weight excluding hydrogens is 268 g/mol. The van der Waals surface area contributed by atoms with Crippen LogP contribution in [-0.4, -0.2) is 54.8 Å². The van der Waals surface area contributed by atoms with Crippen LogP contribution in [0.4, 0.5) is 0 Å². The monoisotopic (exact) mass is 292 g/mol. The number of benzene rings is 1. The third-order valence-electron chi connectivity index (χ3n) is 3.88. The number of aliphatic hydroxyl groups excluding tert-OH is 1. The van der Waals surface area contributed by atoms with Crippen molar-refractivity contribution in [3.63, 3.8) is 0 Å². The van der Waals surface area contributed by atoms with Gasteiger partial charge in [0.1, 0.15) is 18.5 Å². The average molecular weight is 292 g/mol. The number of aryl methyl sites for hydroxylation is 1. The van der Waals surface area contributed by atoms with Gasteiger partial charge in [-0.1, -0.05) is 18.2 Å². The highest BCUT2D eigenvalue weighted by Gasteiger charge is 2.31. The zero-order valence-corrected chi connectivity index (χ0v) is 12.7. The molecule has 2 atom stereocenters. The molecule has 1 saturated heterocycles. The van der Waals surface area contributed by atoms with Gasteiger partial charge in [-0.2, -0.15) is 0 Å². The number of hydrogen-bond donors (Lipinski definition) is 2. The Bertz CT molecular complexity index is 478. The minimum atomic E-state index is -0.602.